The molecule has 3 nitrogen and oxygen atoms in total. The standard InChI is InChI=1S/C7H12N2OS/c1-6(10)7(11-3)4-9(2)5-8-7/h5H,4H2,1-3H3. The van der Waals surface area contributed by atoms with Crippen molar-refractivity contribution in [1.82, 2.24) is 4.90 Å². The second kappa shape index (κ2) is 2.85. The van der Waals surface area contributed by atoms with Gasteiger partial charge >= 0.3 is 0 Å². The van der Waals surface area contributed by atoms with Crippen LogP contribution < -0.4 is 0 Å². The van der Waals surface area contributed by atoms with E-state index in [1.54, 1.807) is 13.3 Å². The Labute approximate surface area is 70.9 Å². The third-order valence-corrected chi connectivity index (χ3v) is 3.01. The molecule has 0 fully saturated rings. The lowest BCUT2D eigenvalue weighted by Crippen LogP contribution is -2.36. The molecule has 0 saturated heterocycles. The molecule has 0 saturated carbocycles. The molecule has 0 aromatic rings. The van der Waals surface area contributed by atoms with E-state index in [-0.39, 0.29) is 5.78 Å². The molecular weight excluding hydrogens is 160 g/mol. The Morgan fingerprint density at radius 2 is 2.45 bits per heavy atom. The van der Waals surface area contributed by atoms with Crippen LogP contribution in [0.15, 0.2) is 4.99 Å². The molecule has 0 amide bonds. The van der Waals surface area contributed by atoms with Gasteiger partial charge in [0.1, 0.15) is 0 Å². The van der Waals surface area contributed by atoms with E-state index >= 15 is 0 Å². The first-order valence-electron chi connectivity index (χ1n) is 3.42. The zero-order valence-electron chi connectivity index (χ0n) is 7.00. The lowest BCUT2D eigenvalue weighted by Gasteiger charge is -2.20. The van der Waals surface area contributed by atoms with Crippen molar-refractivity contribution in [1.29, 1.82) is 0 Å². The van der Waals surface area contributed by atoms with E-state index in [2.05, 4.69) is 4.99 Å². The van der Waals surface area contributed by atoms with Gasteiger partial charge in [-0.3, -0.25) is 4.79 Å². The third kappa shape index (κ3) is 1.40. The highest BCUT2D eigenvalue weighted by Gasteiger charge is 2.37. The number of Topliss-reactive ketones (excluding diaryl/α,β-unsaturated/α-hetero) is 1. The SMILES string of the molecule is CSC1(C(C)=O)CN(C)C=N1. The zero-order valence-corrected chi connectivity index (χ0v) is 7.81. The predicted octanol–water partition coefficient (Wildman–Crippen LogP) is 0.608. The number of nitrogens with zero attached hydrogens (tertiary/aromatic N) is 2. The first-order valence-corrected chi connectivity index (χ1v) is 4.65. The number of likely N-dealkylation sites (N-methyl/N-ethyl adjacent to an activating group) is 1. The van der Waals surface area contributed by atoms with Gasteiger partial charge in [-0.1, -0.05) is 0 Å². The molecule has 1 aliphatic rings. The summed E-state index contributed by atoms with van der Waals surface area (Å²) in [5.41, 5.74) is 0. The number of thioether (sulfide) groups is 1. The van der Waals surface area contributed by atoms with Crippen LogP contribution in [0, 0.1) is 0 Å². The maximum absolute atomic E-state index is 11.2. The lowest BCUT2D eigenvalue weighted by molar-refractivity contribution is -0.119. The Bertz CT molecular complexity index is 205. The van der Waals surface area contributed by atoms with Gasteiger partial charge in [-0.15, -0.1) is 11.8 Å². The Balaban J connectivity index is 2.80. The van der Waals surface area contributed by atoms with Crippen LogP contribution in [-0.2, 0) is 4.79 Å². The molecule has 0 radical (unpaired) electrons. The Morgan fingerprint density at radius 1 is 1.82 bits per heavy atom. The largest absolute Gasteiger partial charge is 0.362 e. The van der Waals surface area contributed by atoms with Crippen molar-refractivity contribution in [3.8, 4) is 0 Å². The number of ketones is 1. The maximum Gasteiger partial charge on any atom is 0.182 e. The van der Waals surface area contributed by atoms with Crippen LogP contribution in [0.5, 0.6) is 0 Å². The number of hydrogen-bond acceptors (Lipinski definition) is 4. The number of rotatable bonds is 2. The summed E-state index contributed by atoms with van der Waals surface area (Å²) in [7, 11) is 1.92. The van der Waals surface area contributed by atoms with Crippen LogP contribution in [0.4, 0.5) is 0 Å². The van der Waals surface area contributed by atoms with Crippen LogP contribution in [0.1, 0.15) is 6.92 Å². The van der Waals surface area contributed by atoms with E-state index in [9.17, 15) is 4.79 Å². The van der Waals surface area contributed by atoms with Crippen LogP contribution >= 0.6 is 11.8 Å². The Hall–Kier alpha value is -0.510. The minimum absolute atomic E-state index is 0.130. The van der Waals surface area contributed by atoms with Crippen LogP contribution in [0.2, 0.25) is 0 Å². The minimum Gasteiger partial charge on any atom is -0.362 e. The Kier molecular flexibility index (Phi) is 2.23. The van der Waals surface area contributed by atoms with Crippen LogP contribution in [0.25, 0.3) is 0 Å². The van der Waals surface area contributed by atoms with Gasteiger partial charge in [0.2, 0.25) is 0 Å². The van der Waals surface area contributed by atoms with Crippen molar-refractivity contribution in [3.05, 3.63) is 0 Å². The summed E-state index contributed by atoms with van der Waals surface area (Å²) in [5, 5.41) is 0. The molecule has 0 aromatic carbocycles. The highest BCUT2D eigenvalue weighted by atomic mass is 32.2. The fourth-order valence-corrected chi connectivity index (χ4v) is 1.85. The summed E-state index contributed by atoms with van der Waals surface area (Å²) in [6.07, 6.45) is 3.63. The normalized spacial score (nSPS) is 29.5. The second-order valence-electron chi connectivity index (χ2n) is 2.70. The number of aliphatic imine (C=N–C) groups is 1. The quantitative estimate of drug-likeness (QED) is 0.611. The minimum atomic E-state index is -0.519. The second-order valence-corrected chi connectivity index (χ2v) is 3.79. The first-order chi connectivity index (χ1) is 5.10. The summed E-state index contributed by atoms with van der Waals surface area (Å²) < 4.78 is 0. The fraction of sp³-hybridized carbons (Fsp3) is 0.714. The molecule has 62 valence electrons. The lowest BCUT2D eigenvalue weighted by atomic mass is 10.2. The molecule has 1 heterocycles. The highest BCUT2D eigenvalue weighted by molar-refractivity contribution is 8.00. The van der Waals surface area contributed by atoms with E-state index in [0.29, 0.717) is 6.54 Å². The molecule has 1 rings (SSSR count). The van der Waals surface area contributed by atoms with E-state index in [1.807, 2.05) is 18.2 Å². The molecule has 1 atom stereocenters. The van der Waals surface area contributed by atoms with Crippen LogP contribution in [0.3, 0.4) is 0 Å². The van der Waals surface area contributed by atoms with Gasteiger partial charge in [0.25, 0.3) is 0 Å². The van der Waals surface area contributed by atoms with E-state index in [0.717, 1.165) is 0 Å². The van der Waals surface area contributed by atoms with Gasteiger partial charge < -0.3 is 4.90 Å². The molecular formula is C7H12N2OS. The third-order valence-electron chi connectivity index (χ3n) is 1.81. The van der Waals surface area contributed by atoms with Gasteiger partial charge in [-0.25, -0.2) is 4.99 Å². The topological polar surface area (TPSA) is 32.7 Å². The summed E-state index contributed by atoms with van der Waals surface area (Å²) in [6.45, 7) is 2.29. The first kappa shape index (κ1) is 8.59. The summed E-state index contributed by atoms with van der Waals surface area (Å²) in [6, 6.07) is 0. The molecule has 1 unspecified atom stereocenters. The highest BCUT2D eigenvalue weighted by Crippen LogP contribution is 2.29. The van der Waals surface area contributed by atoms with Crippen molar-refractivity contribution >= 4 is 23.9 Å². The monoisotopic (exact) mass is 172 g/mol. The summed E-state index contributed by atoms with van der Waals surface area (Å²) >= 11 is 1.50. The molecule has 1 aliphatic heterocycles. The zero-order chi connectivity index (χ0) is 8.48. The van der Waals surface area contributed by atoms with Gasteiger partial charge in [0, 0.05) is 7.05 Å². The fourth-order valence-electron chi connectivity index (χ4n) is 1.07. The van der Waals surface area contributed by atoms with Crippen molar-refractivity contribution in [2.75, 3.05) is 19.8 Å². The van der Waals surface area contributed by atoms with Crippen molar-refractivity contribution in [3.63, 3.8) is 0 Å². The average Bonchev–Trinajstić information content (AvgIpc) is 2.33. The van der Waals surface area contributed by atoms with E-state index < -0.39 is 4.87 Å². The summed E-state index contributed by atoms with van der Waals surface area (Å²) in [4.78, 5) is 16.8. The number of hydrogen-bond donors (Lipinski definition) is 0. The van der Waals surface area contributed by atoms with Crippen LogP contribution in [-0.4, -0.2) is 41.7 Å². The van der Waals surface area contributed by atoms with E-state index in [4.69, 9.17) is 0 Å². The summed E-state index contributed by atoms with van der Waals surface area (Å²) in [5.74, 6) is 0.130. The average molecular weight is 172 g/mol. The van der Waals surface area contributed by atoms with Gasteiger partial charge in [0.15, 0.2) is 10.7 Å². The van der Waals surface area contributed by atoms with Crippen molar-refractivity contribution < 1.29 is 4.79 Å². The smallest absolute Gasteiger partial charge is 0.182 e. The molecule has 0 aliphatic carbocycles. The molecule has 0 aromatic heterocycles. The molecule has 0 bridgehead atoms. The van der Waals surface area contributed by atoms with E-state index in [1.165, 1.54) is 11.8 Å². The van der Waals surface area contributed by atoms with Gasteiger partial charge in [-0.05, 0) is 13.2 Å². The number of carbonyl (C=O) groups excluding carboxylic acids is 1. The molecule has 4 heteroatoms. The predicted molar refractivity (Wildman–Crippen MR) is 48.0 cm³/mol. The Morgan fingerprint density at radius 3 is 2.64 bits per heavy atom. The van der Waals surface area contributed by atoms with Crippen molar-refractivity contribution in [2.45, 2.75) is 11.8 Å². The van der Waals surface area contributed by atoms with Gasteiger partial charge in [-0.2, -0.15) is 0 Å². The molecule has 0 spiro atoms. The molecule has 11 heavy (non-hydrogen) atoms. The molecule has 0 N–H and O–H groups in total. The maximum atomic E-state index is 11.2. The van der Waals surface area contributed by atoms with Crippen molar-refractivity contribution in [2.24, 2.45) is 4.99 Å². The van der Waals surface area contributed by atoms with Gasteiger partial charge in [0.05, 0.1) is 12.9 Å². The number of carbonyl (C=O) groups is 1.